The van der Waals surface area contributed by atoms with Crippen molar-refractivity contribution in [3.8, 4) is 0 Å². The predicted octanol–water partition coefficient (Wildman–Crippen LogP) is 5.46. The van der Waals surface area contributed by atoms with Crippen LogP contribution in [-0.2, 0) is 0 Å². The fourth-order valence-corrected chi connectivity index (χ4v) is 4.04. The molecule has 0 spiro atoms. The second-order valence-corrected chi connectivity index (χ2v) is 6.61. The first-order valence-electron chi connectivity index (χ1n) is 7.74. The number of allylic oxidation sites excluding steroid dienone is 2. The minimum absolute atomic E-state index is 0.129. The van der Waals surface area contributed by atoms with Crippen LogP contribution in [0.4, 0.5) is 0 Å². The smallest absolute Gasteiger partial charge is 0.264 e. The molecule has 0 aliphatic carbocycles. The highest BCUT2D eigenvalue weighted by atomic mass is 32.1. The van der Waals surface area contributed by atoms with E-state index in [1.165, 1.54) is 5.57 Å². The van der Waals surface area contributed by atoms with Gasteiger partial charge in [-0.1, -0.05) is 37.6 Å². The van der Waals surface area contributed by atoms with Crippen LogP contribution in [0, 0.1) is 0 Å². The van der Waals surface area contributed by atoms with Crippen molar-refractivity contribution in [1.82, 2.24) is 4.57 Å². The van der Waals surface area contributed by atoms with E-state index in [2.05, 4.69) is 25.1 Å². The Hall–Kier alpha value is -2.13. The molecule has 0 unspecified atom stereocenters. The van der Waals surface area contributed by atoms with Crippen molar-refractivity contribution in [2.75, 3.05) is 0 Å². The van der Waals surface area contributed by atoms with Crippen LogP contribution in [0.1, 0.15) is 41.6 Å². The summed E-state index contributed by atoms with van der Waals surface area (Å²) in [6, 6.07) is 14.4. The van der Waals surface area contributed by atoms with E-state index in [9.17, 15) is 4.79 Å². The summed E-state index contributed by atoms with van der Waals surface area (Å²) in [5, 5.41) is 3.18. The number of carbonyl (C=O) groups is 1. The highest BCUT2D eigenvalue weighted by Crippen LogP contribution is 2.41. The number of nitrogens with zero attached hydrogens (tertiary/aromatic N) is 1. The molecule has 0 bridgehead atoms. The van der Waals surface area contributed by atoms with Crippen molar-refractivity contribution in [3.63, 3.8) is 0 Å². The average molecular weight is 307 g/mol. The van der Waals surface area contributed by atoms with Gasteiger partial charge >= 0.3 is 0 Å². The molecule has 1 aliphatic rings. The van der Waals surface area contributed by atoms with E-state index in [1.807, 2.05) is 34.2 Å². The second kappa shape index (κ2) is 5.25. The van der Waals surface area contributed by atoms with Gasteiger partial charge in [0.15, 0.2) is 0 Å². The van der Waals surface area contributed by atoms with E-state index in [4.69, 9.17) is 0 Å². The number of rotatable bonds is 4. The number of aromatic nitrogens is 1. The summed E-state index contributed by atoms with van der Waals surface area (Å²) in [6.07, 6.45) is 3.21. The minimum Gasteiger partial charge on any atom is -0.276 e. The Morgan fingerprint density at radius 2 is 2.00 bits per heavy atom. The van der Waals surface area contributed by atoms with E-state index in [0.29, 0.717) is 0 Å². The number of carbonyl (C=O) groups excluding carboxylic acids is 1. The maximum absolute atomic E-state index is 13.1. The van der Waals surface area contributed by atoms with Crippen molar-refractivity contribution in [1.29, 1.82) is 0 Å². The summed E-state index contributed by atoms with van der Waals surface area (Å²) >= 11 is 1.65. The van der Waals surface area contributed by atoms with Gasteiger partial charge in [0.1, 0.15) is 0 Å². The minimum atomic E-state index is 0.129. The van der Waals surface area contributed by atoms with Crippen molar-refractivity contribution in [3.05, 3.63) is 58.4 Å². The van der Waals surface area contributed by atoms with E-state index in [0.717, 1.165) is 46.3 Å². The maximum Gasteiger partial charge on any atom is 0.264 e. The molecule has 3 heterocycles. The van der Waals surface area contributed by atoms with Gasteiger partial charge in [0.2, 0.25) is 0 Å². The van der Waals surface area contributed by atoms with Crippen LogP contribution in [0.25, 0.3) is 22.0 Å². The zero-order chi connectivity index (χ0) is 15.1. The first-order valence-corrected chi connectivity index (χ1v) is 8.62. The van der Waals surface area contributed by atoms with Gasteiger partial charge in [-0.2, -0.15) is 0 Å². The number of benzene rings is 1. The molecule has 2 nitrogen and oxygen atoms in total. The van der Waals surface area contributed by atoms with E-state index >= 15 is 0 Å². The highest BCUT2D eigenvalue weighted by Gasteiger charge is 2.32. The van der Waals surface area contributed by atoms with E-state index in [1.54, 1.807) is 11.3 Å². The molecular formula is C19H17NOS. The van der Waals surface area contributed by atoms with Crippen LogP contribution in [0.3, 0.4) is 0 Å². The summed E-state index contributed by atoms with van der Waals surface area (Å²) in [5.74, 6) is 0.129. The van der Waals surface area contributed by atoms with Crippen LogP contribution >= 0.6 is 11.3 Å². The van der Waals surface area contributed by atoms with Gasteiger partial charge in [0, 0.05) is 10.3 Å². The third-order valence-electron chi connectivity index (χ3n) is 4.29. The van der Waals surface area contributed by atoms with Gasteiger partial charge in [-0.05, 0) is 42.0 Å². The topological polar surface area (TPSA) is 22.0 Å². The molecule has 22 heavy (non-hydrogen) atoms. The standard InChI is InChI=1S/C19H17NOS/c1-2-3-8-14-16-12-13-7-4-5-9-15(13)20(16)19(21)18(14)17-10-6-11-22-17/h4-7,9-12H,2-3,8H2,1H3. The summed E-state index contributed by atoms with van der Waals surface area (Å²) in [5.41, 5.74) is 4.22. The van der Waals surface area contributed by atoms with Crippen molar-refractivity contribution in [2.45, 2.75) is 26.2 Å². The molecule has 3 heteroatoms. The number of hydrogen-bond donors (Lipinski definition) is 0. The number of unbranched alkanes of at least 4 members (excludes halogenated alkanes) is 1. The van der Waals surface area contributed by atoms with Crippen LogP contribution in [0.15, 0.2) is 47.8 Å². The van der Waals surface area contributed by atoms with E-state index in [-0.39, 0.29) is 5.91 Å². The molecule has 0 saturated carbocycles. The lowest BCUT2D eigenvalue weighted by Crippen LogP contribution is -2.07. The lowest BCUT2D eigenvalue weighted by molar-refractivity contribution is 0.0989. The third-order valence-corrected chi connectivity index (χ3v) is 5.17. The highest BCUT2D eigenvalue weighted by molar-refractivity contribution is 7.11. The molecule has 0 N–H and O–H groups in total. The monoisotopic (exact) mass is 307 g/mol. The van der Waals surface area contributed by atoms with Crippen molar-refractivity contribution >= 4 is 39.3 Å². The van der Waals surface area contributed by atoms with Gasteiger partial charge in [-0.3, -0.25) is 9.36 Å². The summed E-state index contributed by atoms with van der Waals surface area (Å²) in [7, 11) is 0. The molecule has 1 aliphatic heterocycles. The van der Waals surface area contributed by atoms with Gasteiger partial charge < -0.3 is 0 Å². The summed E-state index contributed by atoms with van der Waals surface area (Å²) in [6.45, 7) is 2.19. The quantitative estimate of drug-likeness (QED) is 0.627. The number of thiophene rings is 1. The number of fused-ring (bicyclic) bond motifs is 3. The first-order chi connectivity index (χ1) is 10.8. The summed E-state index contributed by atoms with van der Waals surface area (Å²) in [4.78, 5) is 14.1. The largest absolute Gasteiger partial charge is 0.276 e. The van der Waals surface area contributed by atoms with Crippen LogP contribution in [0.5, 0.6) is 0 Å². The Labute approximate surface area is 133 Å². The molecule has 0 amide bonds. The van der Waals surface area contributed by atoms with Crippen LogP contribution in [-0.4, -0.2) is 10.5 Å². The van der Waals surface area contributed by atoms with Gasteiger partial charge in [0.05, 0.1) is 16.8 Å². The molecule has 0 fully saturated rings. The average Bonchev–Trinajstić information content (AvgIpc) is 3.21. The molecule has 110 valence electrons. The molecule has 3 aromatic rings. The van der Waals surface area contributed by atoms with Crippen molar-refractivity contribution < 1.29 is 4.79 Å². The Kier molecular flexibility index (Phi) is 3.23. The zero-order valence-electron chi connectivity index (χ0n) is 12.5. The van der Waals surface area contributed by atoms with Crippen LogP contribution < -0.4 is 0 Å². The first kappa shape index (κ1) is 13.5. The number of hydrogen-bond acceptors (Lipinski definition) is 2. The molecule has 2 aromatic heterocycles. The Balaban J connectivity index is 1.96. The molecular weight excluding hydrogens is 290 g/mol. The van der Waals surface area contributed by atoms with Gasteiger partial charge in [-0.15, -0.1) is 11.3 Å². The van der Waals surface area contributed by atoms with E-state index < -0.39 is 0 Å². The van der Waals surface area contributed by atoms with Gasteiger partial charge in [-0.25, -0.2) is 0 Å². The molecule has 0 atom stereocenters. The molecule has 1 aromatic carbocycles. The number of para-hydroxylation sites is 1. The normalized spacial score (nSPS) is 14.1. The lowest BCUT2D eigenvalue weighted by atomic mass is 10.00. The molecule has 0 radical (unpaired) electrons. The third kappa shape index (κ3) is 1.89. The molecule has 4 rings (SSSR count). The predicted molar refractivity (Wildman–Crippen MR) is 93.2 cm³/mol. The SMILES string of the molecule is CCCCC1=C(c2cccs2)C(=O)n2c1cc1ccccc12. The summed E-state index contributed by atoms with van der Waals surface area (Å²) < 4.78 is 1.90. The van der Waals surface area contributed by atoms with Gasteiger partial charge in [0.25, 0.3) is 5.91 Å². The molecule has 0 saturated heterocycles. The van der Waals surface area contributed by atoms with Crippen molar-refractivity contribution in [2.24, 2.45) is 0 Å². The Bertz CT molecular complexity index is 883. The maximum atomic E-state index is 13.1. The lowest BCUT2D eigenvalue weighted by Gasteiger charge is -2.03. The fourth-order valence-electron chi connectivity index (χ4n) is 3.25. The second-order valence-electron chi connectivity index (χ2n) is 5.66. The fraction of sp³-hybridized carbons (Fsp3) is 0.211. The zero-order valence-corrected chi connectivity index (χ0v) is 13.3. The Morgan fingerprint density at radius 1 is 1.14 bits per heavy atom. The van der Waals surface area contributed by atoms with Crippen LogP contribution in [0.2, 0.25) is 0 Å². The Morgan fingerprint density at radius 3 is 2.77 bits per heavy atom.